The highest BCUT2D eigenvalue weighted by molar-refractivity contribution is 5.29. The predicted octanol–water partition coefficient (Wildman–Crippen LogP) is 2.72. The Morgan fingerprint density at radius 1 is 1.26 bits per heavy atom. The summed E-state index contributed by atoms with van der Waals surface area (Å²) in [6.07, 6.45) is 6.70. The molecule has 1 aromatic heterocycles. The molecular weight excluding hydrogens is 242 g/mol. The fourth-order valence-electron chi connectivity index (χ4n) is 2.99. The van der Waals surface area contributed by atoms with Gasteiger partial charge in [0.25, 0.3) is 0 Å². The zero-order valence-corrected chi connectivity index (χ0v) is 11.7. The van der Waals surface area contributed by atoms with Crippen LogP contribution in [0.3, 0.4) is 0 Å². The number of methoxy groups -OCH3 is 2. The maximum atomic E-state index is 10.6. The predicted molar refractivity (Wildman–Crippen MR) is 73.1 cm³/mol. The molecule has 0 amide bonds. The molecule has 4 heteroatoms. The van der Waals surface area contributed by atoms with Gasteiger partial charge in [0.2, 0.25) is 0 Å². The van der Waals surface area contributed by atoms with Crippen LogP contribution in [0.25, 0.3) is 0 Å². The summed E-state index contributed by atoms with van der Waals surface area (Å²) >= 11 is 0. The number of aliphatic hydroxyl groups is 1. The quantitative estimate of drug-likeness (QED) is 0.889. The Hall–Kier alpha value is -1.13. The van der Waals surface area contributed by atoms with Gasteiger partial charge >= 0.3 is 0 Å². The van der Waals surface area contributed by atoms with Crippen LogP contribution >= 0.6 is 0 Å². The van der Waals surface area contributed by atoms with E-state index in [9.17, 15) is 5.11 Å². The molecule has 0 radical (unpaired) electrons. The Bertz CT molecular complexity index is 391. The van der Waals surface area contributed by atoms with Gasteiger partial charge in [-0.15, -0.1) is 0 Å². The fraction of sp³-hybridized carbons (Fsp3) is 0.667. The minimum atomic E-state index is -0.732. The van der Waals surface area contributed by atoms with Crippen molar-refractivity contribution in [3.8, 4) is 5.75 Å². The highest BCUT2D eigenvalue weighted by Gasteiger charge is 2.32. The molecule has 2 unspecified atom stereocenters. The minimum absolute atomic E-state index is 0.205. The molecule has 1 heterocycles. The monoisotopic (exact) mass is 265 g/mol. The van der Waals surface area contributed by atoms with Gasteiger partial charge in [0.1, 0.15) is 17.5 Å². The maximum Gasteiger partial charge on any atom is 0.143 e. The van der Waals surface area contributed by atoms with Crippen molar-refractivity contribution in [2.75, 3.05) is 14.2 Å². The van der Waals surface area contributed by atoms with Gasteiger partial charge in [-0.3, -0.25) is 4.98 Å². The summed E-state index contributed by atoms with van der Waals surface area (Å²) in [4.78, 5) is 4.26. The zero-order valence-electron chi connectivity index (χ0n) is 11.7. The van der Waals surface area contributed by atoms with Crippen molar-refractivity contribution < 1.29 is 14.6 Å². The summed E-state index contributed by atoms with van der Waals surface area (Å²) in [7, 11) is 3.26. The molecule has 1 N–H and O–H groups in total. The standard InChI is InChI=1S/C15H23NO3/c1-18-12-9-6-10-16-13(12)14(17)15(19-2)11-7-4-3-5-8-11/h6,9-11,14-15,17H,3-5,7-8H2,1-2H3. The average Bonchev–Trinajstić information content (AvgIpc) is 2.49. The van der Waals surface area contributed by atoms with Gasteiger partial charge in [-0.1, -0.05) is 19.3 Å². The smallest absolute Gasteiger partial charge is 0.143 e. The third kappa shape index (κ3) is 3.25. The Balaban J connectivity index is 2.17. The number of hydrogen-bond donors (Lipinski definition) is 1. The van der Waals surface area contributed by atoms with Crippen molar-refractivity contribution in [2.24, 2.45) is 5.92 Å². The Kier molecular flexibility index (Phi) is 5.16. The number of aromatic nitrogens is 1. The number of hydrogen-bond acceptors (Lipinski definition) is 4. The number of pyridine rings is 1. The van der Waals surface area contributed by atoms with Crippen molar-refractivity contribution in [1.29, 1.82) is 0 Å². The summed E-state index contributed by atoms with van der Waals surface area (Å²) in [5.74, 6) is 1.02. The van der Waals surface area contributed by atoms with Gasteiger partial charge in [0, 0.05) is 13.3 Å². The second kappa shape index (κ2) is 6.87. The van der Waals surface area contributed by atoms with Crippen molar-refractivity contribution >= 4 is 0 Å². The van der Waals surface area contributed by atoms with E-state index in [1.165, 1.54) is 19.3 Å². The van der Waals surface area contributed by atoms with Gasteiger partial charge in [0.15, 0.2) is 0 Å². The molecule has 0 saturated heterocycles. The van der Waals surface area contributed by atoms with Crippen molar-refractivity contribution in [3.05, 3.63) is 24.0 Å². The van der Waals surface area contributed by atoms with Crippen molar-refractivity contribution in [2.45, 2.75) is 44.3 Å². The molecule has 19 heavy (non-hydrogen) atoms. The van der Waals surface area contributed by atoms with Crippen LogP contribution in [0, 0.1) is 5.92 Å². The van der Waals surface area contributed by atoms with Crippen LogP contribution in [0.4, 0.5) is 0 Å². The third-order valence-corrected chi connectivity index (χ3v) is 4.00. The van der Waals surface area contributed by atoms with Crippen molar-refractivity contribution in [1.82, 2.24) is 4.98 Å². The lowest BCUT2D eigenvalue weighted by Gasteiger charge is -2.32. The topological polar surface area (TPSA) is 51.6 Å². The number of aliphatic hydroxyl groups excluding tert-OH is 1. The SMILES string of the molecule is COc1cccnc1C(O)C(OC)C1CCCCC1. The van der Waals surface area contributed by atoms with Gasteiger partial charge in [-0.05, 0) is 30.9 Å². The first-order chi connectivity index (χ1) is 9.27. The largest absolute Gasteiger partial charge is 0.495 e. The maximum absolute atomic E-state index is 10.6. The molecule has 1 aliphatic carbocycles. The minimum Gasteiger partial charge on any atom is -0.495 e. The molecule has 0 aromatic carbocycles. The van der Waals surface area contributed by atoms with Gasteiger partial charge in [-0.25, -0.2) is 0 Å². The van der Waals surface area contributed by atoms with E-state index in [4.69, 9.17) is 9.47 Å². The molecule has 1 aromatic rings. The lowest BCUT2D eigenvalue weighted by molar-refractivity contribution is -0.0583. The van der Waals surface area contributed by atoms with Crippen LogP contribution in [0.15, 0.2) is 18.3 Å². The molecule has 0 bridgehead atoms. The summed E-state index contributed by atoms with van der Waals surface area (Å²) in [5, 5.41) is 10.6. The number of nitrogens with zero attached hydrogens (tertiary/aromatic N) is 1. The first-order valence-electron chi connectivity index (χ1n) is 6.97. The van der Waals surface area contributed by atoms with Crippen LogP contribution in [-0.4, -0.2) is 30.4 Å². The van der Waals surface area contributed by atoms with E-state index in [1.807, 2.05) is 6.07 Å². The zero-order chi connectivity index (χ0) is 13.7. The van der Waals surface area contributed by atoms with Gasteiger partial charge < -0.3 is 14.6 Å². The van der Waals surface area contributed by atoms with E-state index < -0.39 is 6.10 Å². The lowest BCUT2D eigenvalue weighted by atomic mass is 9.82. The number of rotatable bonds is 5. The third-order valence-electron chi connectivity index (χ3n) is 4.00. The second-order valence-electron chi connectivity index (χ2n) is 5.13. The van der Waals surface area contributed by atoms with E-state index in [1.54, 1.807) is 26.5 Å². The van der Waals surface area contributed by atoms with Crippen LogP contribution < -0.4 is 4.74 Å². The average molecular weight is 265 g/mol. The van der Waals surface area contributed by atoms with Crippen LogP contribution in [0.5, 0.6) is 5.75 Å². The van der Waals surface area contributed by atoms with E-state index in [0.717, 1.165) is 12.8 Å². The van der Waals surface area contributed by atoms with Gasteiger partial charge in [-0.2, -0.15) is 0 Å². The summed E-state index contributed by atoms with van der Waals surface area (Å²) in [5.41, 5.74) is 0.572. The van der Waals surface area contributed by atoms with Crippen molar-refractivity contribution in [3.63, 3.8) is 0 Å². The fourth-order valence-corrected chi connectivity index (χ4v) is 2.99. The Morgan fingerprint density at radius 2 is 2.00 bits per heavy atom. The molecule has 1 fully saturated rings. The summed E-state index contributed by atoms with van der Waals surface area (Å²) in [6, 6.07) is 3.62. The summed E-state index contributed by atoms with van der Waals surface area (Å²) < 4.78 is 10.8. The van der Waals surface area contributed by atoms with Crippen LogP contribution in [-0.2, 0) is 4.74 Å². The Morgan fingerprint density at radius 3 is 2.63 bits per heavy atom. The molecule has 106 valence electrons. The first-order valence-corrected chi connectivity index (χ1v) is 6.97. The highest BCUT2D eigenvalue weighted by Crippen LogP contribution is 2.35. The normalized spacial score (nSPS) is 19.9. The van der Waals surface area contributed by atoms with Gasteiger partial charge in [0.05, 0.1) is 13.2 Å². The van der Waals surface area contributed by atoms with Crippen LogP contribution in [0.2, 0.25) is 0 Å². The van der Waals surface area contributed by atoms with E-state index >= 15 is 0 Å². The molecule has 2 atom stereocenters. The first kappa shape index (κ1) is 14.3. The molecule has 2 rings (SSSR count). The molecule has 1 saturated carbocycles. The molecule has 0 aliphatic heterocycles. The van der Waals surface area contributed by atoms with Crippen LogP contribution in [0.1, 0.15) is 43.9 Å². The van der Waals surface area contributed by atoms with E-state index in [-0.39, 0.29) is 6.10 Å². The molecule has 0 spiro atoms. The second-order valence-corrected chi connectivity index (χ2v) is 5.13. The Labute approximate surface area is 114 Å². The summed E-state index contributed by atoms with van der Waals surface area (Å²) in [6.45, 7) is 0. The highest BCUT2D eigenvalue weighted by atomic mass is 16.5. The molecular formula is C15H23NO3. The lowest BCUT2D eigenvalue weighted by Crippen LogP contribution is -2.32. The van der Waals surface area contributed by atoms with E-state index in [2.05, 4.69) is 4.98 Å². The number of ether oxygens (including phenoxy) is 2. The van der Waals surface area contributed by atoms with E-state index in [0.29, 0.717) is 17.4 Å². The molecule has 1 aliphatic rings. The molecule has 4 nitrogen and oxygen atoms in total.